The van der Waals surface area contributed by atoms with Gasteiger partial charge < -0.3 is 10.4 Å². The van der Waals surface area contributed by atoms with Crippen LogP contribution in [0, 0.1) is 5.92 Å². The number of phenolic OH excluding ortho intramolecular Hbond substituents is 1. The van der Waals surface area contributed by atoms with Crippen molar-refractivity contribution in [3.63, 3.8) is 0 Å². The molecule has 1 aromatic carbocycles. The maximum absolute atomic E-state index is 9.86. The lowest BCUT2D eigenvalue weighted by Crippen LogP contribution is -2.23. The third kappa shape index (κ3) is 3.65. The molecule has 4 heteroatoms. The quantitative estimate of drug-likeness (QED) is 0.877. The maximum atomic E-state index is 9.86. The summed E-state index contributed by atoms with van der Waals surface area (Å²) in [7, 11) is 0. The molecule has 0 radical (unpaired) electrons. The van der Waals surface area contributed by atoms with E-state index >= 15 is 0 Å². The molecule has 0 spiro atoms. The van der Waals surface area contributed by atoms with Gasteiger partial charge in [0.1, 0.15) is 5.75 Å². The van der Waals surface area contributed by atoms with Gasteiger partial charge in [-0.05, 0) is 31.5 Å². The number of hydrogen-bond acceptors (Lipinski definition) is 2. The zero-order valence-electron chi connectivity index (χ0n) is 9.72. The third-order valence-corrected chi connectivity index (χ3v) is 3.10. The summed E-state index contributed by atoms with van der Waals surface area (Å²) >= 11 is 9.29. The minimum absolute atomic E-state index is 0.0809. The van der Waals surface area contributed by atoms with E-state index in [1.165, 1.54) is 0 Å². The Morgan fingerprint density at radius 3 is 2.56 bits per heavy atom. The molecule has 0 aliphatic heterocycles. The van der Waals surface area contributed by atoms with Crippen molar-refractivity contribution >= 4 is 27.5 Å². The Balaban J connectivity index is 2.86. The van der Waals surface area contributed by atoms with Crippen LogP contribution in [0.15, 0.2) is 16.6 Å². The zero-order valence-corrected chi connectivity index (χ0v) is 12.1. The summed E-state index contributed by atoms with van der Waals surface area (Å²) in [6.45, 7) is 7.21. The van der Waals surface area contributed by atoms with E-state index in [0.29, 0.717) is 10.9 Å². The van der Waals surface area contributed by atoms with Gasteiger partial charge >= 0.3 is 0 Å². The van der Waals surface area contributed by atoms with Crippen molar-refractivity contribution in [2.24, 2.45) is 5.92 Å². The highest BCUT2D eigenvalue weighted by Gasteiger charge is 2.14. The molecule has 2 nitrogen and oxygen atoms in total. The van der Waals surface area contributed by atoms with E-state index in [0.717, 1.165) is 16.6 Å². The SMILES string of the molecule is CC(C)CNC(C)c1cc(Br)cc(Cl)c1O. The fourth-order valence-electron chi connectivity index (χ4n) is 1.44. The van der Waals surface area contributed by atoms with Crippen molar-refractivity contribution < 1.29 is 5.11 Å². The smallest absolute Gasteiger partial charge is 0.139 e. The molecular formula is C12H17BrClNO. The molecule has 1 unspecified atom stereocenters. The van der Waals surface area contributed by atoms with Crippen LogP contribution in [0.25, 0.3) is 0 Å². The molecule has 2 N–H and O–H groups in total. The summed E-state index contributed by atoms with van der Waals surface area (Å²) in [6.07, 6.45) is 0. The summed E-state index contributed by atoms with van der Waals surface area (Å²) in [4.78, 5) is 0. The van der Waals surface area contributed by atoms with E-state index in [1.807, 2.05) is 13.0 Å². The Bertz CT molecular complexity index is 368. The number of rotatable bonds is 4. The van der Waals surface area contributed by atoms with Gasteiger partial charge in [0.2, 0.25) is 0 Å². The summed E-state index contributed by atoms with van der Waals surface area (Å²) < 4.78 is 0.878. The van der Waals surface area contributed by atoms with Gasteiger partial charge in [0.15, 0.2) is 0 Å². The van der Waals surface area contributed by atoms with Crippen LogP contribution in [-0.4, -0.2) is 11.7 Å². The standard InChI is InChI=1S/C12H17BrClNO/c1-7(2)6-15-8(3)10-4-9(13)5-11(14)12(10)16/h4-5,7-8,15-16H,6H2,1-3H3. The molecule has 0 aliphatic carbocycles. The maximum Gasteiger partial charge on any atom is 0.139 e. The van der Waals surface area contributed by atoms with Crippen molar-refractivity contribution in [3.05, 3.63) is 27.2 Å². The Kier molecular flexibility index (Phi) is 5.09. The van der Waals surface area contributed by atoms with E-state index in [2.05, 4.69) is 35.1 Å². The Hall–Kier alpha value is -0.250. The van der Waals surface area contributed by atoms with Gasteiger partial charge in [0, 0.05) is 16.1 Å². The lowest BCUT2D eigenvalue weighted by Gasteiger charge is -2.18. The summed E-state index contributed by atoms with van der Waals surface area (Å²) in [6, 6.07) is 3.66. The monoisotopic (exact) mass is 305 g/mol. The Labute approximate surface area is 110 Å². The molecule has 0 saturated heterocycles. The van der Waals surface area contributed by atoms with Crippen LogP contribution in [0.1, 0.15) is 32.4 Å². The first-order valence-corrected chi connectivity index (χ1v) is 6.50. The van der Waals surface area contributed by atoms with Gasteiger partial charge in [-0.25, -0.2) is 0 Å². The fourth-order valence-corrected chi connectivity index (χ4v) is 2.27. The predicted octanol–water partition coefficient (Wildman–Crippen LogP) is 4.11. The zero-order chi connectivity index (χ0) is 12.3. The van der Waals surface area contributed by atoms with Crippen LogP contribution in [0.2, 0.25) is 5.02 Å². The summed E-state index contributed by atoms with van der Waals surface area (Å²) in [5.74, 6) is 0.737. The number of phenols is 1. The first-order valence-electron chi connectivity index (χ1n) is 5.33. The molecule has 0 amide bonds. The van der Waals surface area contributed by atoms with E-state index in [1.54, 1.807) is 6.07 Å². The number of benzene rings is 1. The number of aromatic hydroxyl groups is 1. The molecule has 1 atom stereocenters. The van der Waals surface area contributed by atoms with Gasteiger partial charge in [0.25, 0.3) is 0 Å². The molecule has 0 saturated carbocycles. The van der Waals surface area contributed by atoms with Crippen molar-refractivity contribution in [1.82, 2.24) is 5.32 Å². The Morgan fingerprint density at radius 2 is 2.00 bits per heavy atom. The molecule has 0 aliphatic rings. The lowest BCUT2D eigenvalue weighted by atomic mass is 10.1. The average molecular weight is 307 g/mol. The highest BCUT2D eigenvalue weighted by Crippen LogP contribution is 2.34. The van der Waals surface area contributed by atoms with Gasteiger partial charge in [-0.3, -0.25) is 0 Å². The minimum Gasteiger partial charge on any atom is -0.506 e. The van der Waals surface area contributed by atoms with E-state index in [-0.39, 0.29) is 11.8 Å². The van der Waals surface area contributed by atoms with E-state index in [4.69, 9.17) is 11.6 Å². The fraction of sp³-hybridized carbons (Fsp3) is 0.500. The van der Waals surface area contributed by atoms with Crippen molar-refractivity contribution in [3.8, 4) is 5.75 Å². The molecule has 1 aromatic rings. The van der Waals surface area contributed by atoms with Crippen LogP contribution < -0.4 is 5.32 Å². The topological polar surface area (TPSA) is 32.3 Å². The Morgan fingerprint density at radius 1 is 1.38 bits per heavy atom. The largest absolute Gasteiger partial charge is 0.506 e. The van der Waals surface area contributed by atoms with E-state index in [9.17, 15) is 5.11 Å². The van der Waals surface area contributed by atoms with Crippen LogP contribution >= 0.6 is 27.5 Å². The molecule has 90 valence electrons. The van der Waals surface area contributed by atoms with Gasteiger partial charge in [-0.2, -0.15) is 0 Å². The van der Waals surface area contributed by atoms with Crippen molar-refractivity contribution in [2.45, 2.75) is 26.8 Å². The normalized spacial score (nSPS) is 13.1. The van der Waals surface area contributed by atoms with Crippen molar-refractivity contribution in [1.29, 1.82) is 0 Å². The number of nitrogens with one attached hydrogen (secondary N) is 1. The molecule has 0 fully saturated rings. The van der Waals surface area contributed by atoms with Gasteiger partial charge in [-0.1, -0.05) is 41.4 Å². The van der Waals surface area contributed by atoms with Crippen molar-refractivity contribution in [2.75, 3.05) is 6.54 Å². The first-order chi connectivity index (χ1) is 7.41. The second-order valence-electron chi connectivity index (χ2n) is 4.35. The van der Waals surface area contributed by atoms with Crippen LogP contribution in [0.4, 0.5) is 0 Å². The second-order valence-corrected chi connectivity index (χ2v) is 5.67. The first kappa shape index (κ1) is 13.8. The van der Waals surface area contributed by atoms with Crippen LogP contribution in [0.5, 0.6) is 5.75 Å². The van der Waals surface area contributed by atoms with Gasteiger partial charge in [-0.15, -0.1) is 0 Å². The summed E-state index contributed by atoms with van der Waals surface area (Å²) in [5.41, 5.74) is 0.819. The molecular weight excluding hydrogens is 289 g/mol. The lowest BCUT2D eigenvalue weighted by molar-refractivity contribution is 0.442. The predicted molar refractivity (Wildman–Crippen MR) is 72.1 cm³/mol. The summed E-state index contributed by atoms with van der Waals surface area (Å²) in [5, 5.41) is 13.6. The van der Waals surface area contributed by atoms with Gasteiger partial charge in [0.05, 0.1) is 5.02 Å². The second kappa shape index (κ2) is 5.89. The van der Waals surface area contributed by atoms with Crippen LogP contribution in [0.3, 0.4) is 0 Å². The van der Waals surface area contributed by atoms with Crippen LogP contribution in [-0.2, 0) is 0 Å². The molecule has 1 rings (SSSR count). The molecule has 0 bridgehead atoms. The number of halogens is 2. The minimum atomic E-state index is 0.0809. The molecule has 0 aromatic heterocycles. The average Bonchev–Trinajstić information content (AvgIpc) is 2.19. The molecule has 0 heterocycles. The highest BCUT2D eigenvalue weighted by atomic mass is 79.9. The molecule has 16 heavy (non-hydrogen) atoms. The number of hydrogen-bond donors (Lipinski definition) is 2. The third-order valence-electron chi connectivity index (χ3n) is 2.36. The highest BCUT2D eigenvalue weighted by molar-refractivity contribution is 9.10. The van der Waals surface area contributed by atoms with E-state index < -0.39 is 0 Å².